The molecule has 0 unspecified atom stereocenters. The molecule has 6 heteroatoms. The molecule has 0 rings (SSSR count). The summed E-state index contributed by atoms with van der Waals surface area (Å²) in [5, 5.41) is 21.2. The number of hydrogen-bond donors (Lipinski definition) is 5. The Balaban J connectivity index is 3.70. The number of guanidine groups is 1. The molecular weight excluding hydrogens is 196 g/mol. The van der Waals surface area contributed by atoms with Gasteiger partial charge in [0.05, 0.1) is 0 Å². The van der Waals surface area contributed by atoms with Crippen LogP contribution >= 0.6 is 0 Å². The Morgan fingerprint density at radius 1 is 1.67 bits per heavy atom. The van der Waals surface area contributed by atoms with Crippen LogP contribution in [-0.2, 0) is 4.79 Å². The van der Waals surface area contributed by atoms with Crippen LogP contribution in [0.5, 0.6) is 0 Å². The quantitative estimate of drug-likeness (QED) is 0.161. The van der Waals surface area contributed by atoms with Gasteiger partial charge in [0.15, 0.2) is 5.96 Å². The predicted octanol–water partition coefficient (Wildman–Crippen LogP) is -0.522. The van der Waals surface area contributed by atoms with Crippen LogP contribution in [0.25, 0.3) is 0 Å². The van der Waals surface area contributed by atoms with Gasteiger partial charge in [0.2, 0.25) is 0 Å². The minimum Gasteiger partial charge on any atom is -0.480 e. The van der Waals surface area contributed by atoms with E-state index in [0.717, 1.165) is 0 Å². The third-order valence-electron chi connectivity index (χ3n) is 1.79. The first kappa shape index (κ1) is 13.4. The molecule has 86 valence electrons. The normalized spacial score (nSPS) is 11.7. The van der Waals surface area contributed by atoms with E-state index < -0.39 is 12.0 Å². The van der Waals surface area contributed by atoms with Crippen LogP contribution in [0, 0.1) is 5.41 Å². The summed E-state index contributed by atoms with van der Waals surface area (Å²) in [5.74, 6) is -0.972. The van der Waals surface area contributed by atoms with Gasteiger partial charge in [-0.15, -0.1) is 6.58 Å². The lowest BCUT2D eigenvalue weighted by Gasteiger charge is -2.13. The zero-order valence-corrected chi connectivity index (χ0v) is 8.62. The summed E-state index contributed by atoms with van der Waals surface area (Å²) < 4.78 is 0. The Labute approximate surface area is 89.0 Å². The molecule has 0 aromatic heterocycles. The number of carboxylic acids is 1. The fourth-order valence-electron chi connectivity index (χ4n) is 1.07. The highest BCUT2D eigenvalue weighted by atomic mass is 16.4. The predicted molar refractivity (Wildman–Crippen MR) is 58.8 cm³/mol. The second-order valence-electron chi connectivity index (χ2n) is 3.07. The van der Waals surface area contributed by atoms with Gasteiger partial charge in [0.25, 0.3) is 0 Å². The lowest BCUT2D eigenvalue weighted by Crippen LogP contribution is -2.38. The molecule has 0 spiro atoms. The van der Waals surface area contributed by atoms with Crippen molar-refractivity contribution in [3.63, 3.8) is 0 Å². The molecule has 0 fully saturated rings. The molecule has 0 aromatic carbocycles. The Bertz CT molecular complexity index is 230. The first-order valence-electron chi connectivity index (χ1n) is 4.73. The molecule has 0 radical (unpaired) electrons. The average molecular weight is 214 g/mol. The third kappa shape index (κ3) is 7.51. The minimum atomic E-state index is -0.875. The summed E-state index contributed by atoms with van der Waals surface area (Å²) in [4.78, 5) is 10.7. The Morgan fingerprint density at radius 2 is 2.33 bits per heavy atom. The van der Waals surface area contributed by atoms with Crippen molar-refractivity contribution in [3.8, 4) is 0 Å². The molecule has 0 aliphatic rings. The van der Waals surface area contributed by atoms with E-state index in [1.165, 1.54) is 0 Å². The van der Waals surface area contributed by atoms with E-state index in [1.807, 2.05) is 0 Å². The number of nitrogens with two attached hydrogens (primary N) is 1. The van der Waals surface area contributed by atoms with Gasteiger partial charge in [-0.1, -0.05) is 6.08 Å². The van der Waals surface area contributed by atoms with Crippen LogP contribution in [0.15, 0.2) is 12.7 Å². The Hall–Kier alpha value is -1.56. The van der Waals surface area contributed by atoms with E-state index in [2.05, 4.69) is 17.2 Å². The molecule has 0 aliphatic carbocycles. The van der Waals surface area contributed by atoms with Gasteiger partial charge in [0.1, 0.15) is 6.04 Å². The molecule has 0 aliphatic heterocycles. The van der Waals surface area contributed by atoms with Crippen LogP contribution in [0.3, 0.4) is 0 Å². The van der Waals surface area contributed by atoms with E-state index in [0.29, 0.717) is 25.9 Å². The standard InChI is InChI=1S/C9H18N4O2/c1-2-5-12-7(8(14)15)4-3-6-13-9(10)11/h2,7,12H,1,3-6H2,(H,14,15)(H4,10,11,13)/t7-/m0/s1. The van der Waals surface area contributed by atoms with Gasteiger partial charge in [-0.3, -0.25) is 10.2 Å². The average Bonchev–Trinajstić information content (AvgIpc) is 2.15. The maximum absolute atomic E-state index is 10.7. The summed E-state index contributed by atoms with van der Waals surface area (Å²) >= 11 is 0. The monoisotopic (exact) mass is 214 g/mol. The van der Waals surface area contributed by atoms with Crippen LogP contribution in [0.4, 0.5) is 0 Å². The van der Waals surface area contributed by atoms with Crippen molar-refractivity contribution in [2.24, 2.45) is 5.73 Å². The largest absolute Gasteiger partial charge is 0.480 e. The first-order valence-corrected chi connectivity index (χ1v) is 4.73. The highest BCUT2D eigenvalue weighted by Crippen LogP contribution is 1.96. The molecule has 0 saturated carbocycles. The van der Waals surface area contributed by atoms with Crippen molar-refractivity contribution < 1.29 is 9.90 Å². The molecule has 0 aromatic rings. The van der Waals surface area contributed by atoms with Crippen molar-refractivity contribution in [2.75, 3.05) is 13.1 Å². The molecule has 0 saturated heterocycles. The maximum atomic E-state index is 10.7. The summed E-state index contributed by atoms with van der Waals surface area (Å²) in [6, 6.07) is -0.572. The van der Waals surface area contributed by atoms with Gasteiger partial charge in [-0.2, -0.15) is 0 Å². The number of aliphatic carboxylic acids is 1. The molecule has 6 N–H and O–H groups in total. The third-order valence-corrected chi connectivity index (χ3v) is 1.79. The van der Waals surface area contributed by atoms with Crippen LogP contribution in [0.1, 0.15) is 12.8 Å². The minimum absolute atomic E-state index is 0.0964. The van der Waals surface area contributed by atoms with Crippen molar-refractivity contribution in [2.45, 2.75) is 18.9 Å². The van der Waals surface area contributed by atoms with Gasteiger partial charge in [-0.25, -0.2) is 0 Å². The van der Waals surface area contributed by atoms with E-state index in [4.69, 9.17) is 16.2 Å². The second kappa shape index (κ2) is 7.81. The second-order valence-corrected chi connectivity index (χ2v) is 3.07. The molecule has 15 heavy (non-hydrogen) atoms. The van der Waals surface area contributed by atoms with E-state index in [-0.39, 0.29) is 5.96 Å². The summed E-state index contributed by atoms with van der Waals surface area (Å²) in [6.45, 7) is 4.48. The van der Waals surface area contributed by atoms with Crippen LogP contribution < -0.4 is 16.4 Å². The van der Waals surface area contributed by atoms with Gasteiger partial charge < -0.3 is 21.5 Å². The number of carboxylic acid groups (broad SMARTS) is 1. The molecule has 0 amide bonds. The zero-order valence-electron chi connectivity index (χ0n) is 8.62. The fraction of sp³-hybridized carbons (Fsp3) is 0.556. The molecule has 0 heterocycles. The topological polar surface area (TPSA) is 111 Å². The number of carbonyl (C=O) groups is 1. The highest BCUT2D eigenvalue weighted by molar-refractivity contribution is 5.74. The van der Waals surface area contributed by atoms with E-state index in [9.17, 15) is 4.79 Å². The molecule has 1 atom stereocenters. The van der Waals surface area contributed by atoms with Crippen molar-refractivity contribution in [1.29, 1.82) is 5.41 Å². The number of rotatable bonds is 8. The SMILES string of the molecule is C=CCN[C@@H](CCCNC(=N)N)C(=O)O. The number of hydrogen-bond acceptors (Lipinski definition) is 3. The lowest BCUT2D eigenvalue weighted by molar-refractivity contribution is -0.139. The van der Waals surface area contributed by atoms with E-state index >= 15 is 0 Å². The van der Waals surface area contributed by atoms with Gasteiger partial charge in [-0.05, 0) is 12.8 Å². The zero-order chi connectivity index (χ0) is 11.7. The van der Waals surface area contributed by atoms with Crippen molar-refractivity contribution >= 4 is 11.9 Å². The van der Waals surface area contributed by atoms with Crippen molar-refractivity contribution in [1.82, 2.24) is 10.6 Å². The van der Waals surface area contributed by atoms with E-state index in [1.54, 1.807) is 6.08 Å². The van der Waals surface area contributed by atoms with Gasteiger partial charge in [0, 0.05) is 13.1 Å². The summed E-state index contributed by atoms with van der Waals surface area (Å²) in [6.07, 6.45) is 2.74. The van der Waals surface area contributed by atoms with Crippen LogP contribution in [0.2, 0.25) is 0 Å². The maximum Gasteiger partial charge on any atom is 0.320 e. The lowest BCUT2D eigenvalue weighted by atomic mass is 10.1. The smallest absolute Gasteiger partial charge is 0.320 e. The highest BCUT2D eigenvalue weighted by Gasteiger charge is 2.14. The van der Waals surface area contributed by atoms with Gasteiger partial charge >= 0.3 is 5.97 Å². The summed E-state index contributed by atoms with van der Waals surface area (Å²) in [7, 11) is 0. The Morgan fingerprint density at radius 3 is 2.80 bits per heavy atom. The molecule has 0 bridgehead atoms. The Kier molecular flexibility index (Phi) is 7.00. The molecule has 6 nitrogen and oxygen atoms in total. The fourth-order valence-corrected chi connectivity index (χ4v) is 1.07. The number of nitrogens with one attached hydrogen (secondary N) is 3. The molecular formula is C9H18N4O2. The van der Waals surface area contributed by atoms with Crippen molar-refractivity contribution in [3.05, 3.63) is 12.7 Å². The first-order chi connectivity index (χ1) is 7.07. The van der Waals surface area contributed by atoms with Crippen LogP contribution in [-0.4, -0.2) is 36.2 Å². The summed E-state index contributed by atoms with van der Waals surface area (Å²) in [5.41, 5.74) is 5.08.